The number of carbonyl (C=O) groups is 2. The summed E-state index contributed by atoms with van der Waals surface area (Å²) in [5.74, 6) is -1.08. The average Bonchev–Trinajstić information content (AvgIpc) is 2.54. The van der Waals surface area contributed by atoms with Crippen LogP contribution in [0, 0.1) is 10.1 Å². The molecule has 1 atom stereocenters. The van der Waals surface area contributed by atoms with Crippen LogP contribution in [0.15, 0.2) is 53.0 Å². The Morgan fingerprint density at radius 3 is 2.48 bits per heavy atom. The quantitative estimate of drug-likeness (QED) is 0.541. The molecule has 130 valence electrons. The number of hydrogen-bond donors (Lipinski definition) is 2. The Morgan fingerprint density at radius 1 is 1.16 bits per heavy atom. The summed E-state index contributed by atoms with van der Waals surface area (Å²) in [6, 6.07) is 12.3. The maximum Gasteiger partial charge on any atom is 0.269 e. The van der Waals surface area contributed by atoms with Crippen molar-refractivity contribution in [2.45, 2.75) is 18.9 Å². The molecule has 2 amide bonds. The van der Waals surface area contributed by atoms with Gasteiger partial charge in [-0.25, -0.2) is 0 Å². The van der Waals surface area contributed by atoms with Crippen molar-refractivity contribution in [1.82, 2.24) is 5.32 Å². The average molecular weight is 406 g/mol. The Balaban J connectivity index is 2.04. The third kappa shape index (κ3) is 5.68. The number of nitrogens with zero attached hydrogens (tertiary/aromatic N) is 1. The number of nitrogens with two attached hydrogens (primary N) is 1. The van der Waals surface area contributed by atoms with Crippen LogP contribution in [0.5, 0.6) is 0 Å². The molecule has 0 heterocycles. The van der Waals surface area contributed by atoms with Gasteiger partial charge in [-0.3, -0.25) is 19.7 Å². The number of nitro groups is 1. The van der Waals surface area contributed by atoms with E-state index in [1.54, 1.807) is 6.07 Å². The van der Waals surface area contributed by atoms with Crippen molar-refractivity contribution in [2.24, 2.45) is 5.73 Å². The van der Waals surface area contributed by atoms with Gasteiger partial charge in [0.25, 0.3) is 5.69 Å². The molecule has 0 aromatic heterocycles. The molecule has 0 saturated heterocycles. The third-order valence-electron chi connectivity index (χ3n) is 3.49. The number of halogens is 1. The van der Waals surface area contributed by atoms with E-state index in [4.69, 9.17) is 5.73 Å². The van der Waals surface area contributed by atoms with Gasteiger partial charge in [-0.05, 0) is 23.3 Å². The monoisotopic (exact) mass is 405 g/mol. The SMILES string of the molecule is NC(=O)[C@@H](Cc1cccc(Br)c1)NC(=O)Cc1cccc([N+](=O)[O-])c1. The van der Waals surface area contributed by atoms with Gasteiger partial charge >= 0.3 is 0 Å². The van der Waals surface area contributed by atoms with Crippen LogP contribution in [0.1, 0.15) is 11.1 Å². The van der Waals surface area contributed by atoms with Crippen LogP contribution in [-0.4, -0.2) is 22.8 Å². The molecule has 0 fully saturated rings. The van der Waals surface area contributed by atoms with Gasteiger partial charge in [-0.1, -0.05) is 40.2 Å². The number of nitrogens with one attached hydrogen (secondary N) is 1. The van der Waals surface area contributed by atoms with Crippen molar-refractivity contribution in [3.8, 4) is 0 Å². The van der Waals surface area contributed by atoms with Crippen molar-refractivity contribution < 1.29 is 14.5 Å². The van der Waals surface area contributed by atoms with E-state index in [1.807, 2.05) is 24.3 Å². The lowest BCUT2D eigenvalue weighted by atomic mass is 10.0. The maximum atomic E-state index is 12.2. The number of amides is 2. The molecular formula is C17H16BrN3O4. The van der Waals surface area contributed by atoms with E-state index in [2.05, 4.69) is 21.2 Å². The fourth-order valence-electron chi connectivity index (χ4n) is 2.33. The molecule has 0 bridgehead atoms. The molecule has 0 saturated carbocycles. The first kappa shape index (κ1) is 18.6. The van der Waals surface area contributed by atoms with Crippen molar-refractivity contribution in [2.75, 3.05) is 0 Å². The lowest BCUT2D eigenvalue weighted by molar-refractivity contribution is -0.384. The number of hydrogen-bond acceptors (Lipinski definition) is 4. The second-order valence-corrected chi connectivity index (χ2v) is 6.38. The molecule has 0 radical (unpaired) electrons. The summed E-state index contributed by atoms with van der Waals surface area (Å²) in [7, 11) is 0. The normalized spacial score (nSPS) is 11.6. The van der Waals surface area contributed by atoms with E-state index in [9.17, 15) is 19.7 Å². The van der Waals surface area contributed by atoms with Crippen molar-refractivity contribution >= 4 is 33.4 Å². The minimum atomic E-state index is -0.861. The predicted molar refractivity (Wildman–Crippen MR) is 95.8 cm³/mol. The molecule has 0 aliphatic rings. The van der Waals surface area contributed by atoms with E-state index in [1.165, 1.54) is 18.2 Å². The van der Waals surface area contributed by atoms with E-state index in [-0.39, 0.29) is 18.5 Å². The van der Waals surface area contributed by atoms with Gasteiger partial charge in [0.2, 0.25) is 11.8 Å². The standard InChI is InChI=1S/C17H16BrN3O4/c18-13-5-1-3-11(7-13)9-15(17(19)23)20-16(22)10-12-4-2-6-14(8-12)21(24)25/h1-8,15H,9-10H2,(H2,19,23)(H,20,22)/t15-/m1/s1. The smallest absolute Gasteiger partial charge is 0.269 e. The Kier molecular flexibility index (Phi) is 6.24. The summed E-state index contributed by atoms with van der Waals surface area (Å²) in [5.41, 5.74) is 6.61. The minimum Gasteiger partial charge on any atom is -0.368 e. The zero-order chi connectivity index (χ0) is 18.4. The Hall–Kier alpha value is -2.74. The molecule has 0 aliphatic carbocycles. The van der Waals surface area contributed by atoms with E-state index in [0.29, 0.717) is 5.56 Å². The van der Waals surface area contributed by atoms with Crippen LogP contribution in [0.4, 0.5) is 5.69 Å². The van der Waals surface area contributed by atoms with Gasteiger partial charge in [0.05, 0.1) is 11.3 Å². The largest absolute Gasteiger partial charge is 0.368 e. The maximum absolute atomic E-state index is 12.2. The topological polar surface area (TPSA) is 115 Å². The Labute approximate surface area is 152 Å². The summed E-state index contributed by atoms with van der Waals surface area (Å²) in [6.07, 6.45) is 0.180. The summed E-state index contributed by atoms with van der Waals surface area (Å²) in [5, 5.41) is 13.4. The van der Waals surface area contributed by atoms with E-state index < -0.39 is 22.8 Å². The Bertz CT molecular complexity index is 810. The summed E-state index contributed by atoms with van der Waals surface area (Å²) in [6.45, 7) is 0. The number of carbonyl (C=O) groups excluding carboxylic acids is 2. The molecular weight excluding hydrogens is 390 g/mol. The summed E-state index contributed by atoms with van der Waals surface area (Å²) >= 11 is 3.34. The van der Waals surface area contributed by atoms with Gasteiger partial charge < -0.3 is 11.1 Å². The fraction of sp³-hybridized carbons (Fsp3) is 0.176. The van der Waals surface area contributed by atoms with Gasteiger partial charge in [0, 0.05) is 23.0 Å². The van der Waals surface area contributed by atoms with E-state index >= 15 is 0 Å². The molecule has 0 unspecified atom stereocenters. The molecule has 25 heavy (non-hydrogen) atoms. The zero-order valence-electron chi connectivity index (χ0n) is 13.1. The van der Waals surface area contributed by atoms with Gasteiger partial charge in [0.1, 0.15) is 6.04 Å². The van der Waals surface area contributed by atoms with E-state index in [0.717, 1.165) is 10.0 Å². The predicted octanol–water partition coefficient (Wildman–Crippen LogP) is 2.11. The molecule has 2 aromatic rings. The second kappa shape index (κ2) is 8.39. The summed E-state index contributed by atoms with van der Waals surface area (Å²) in [4.78, 5) is 34.0. The first-order valence-corrected chi connectivity index (χ1v) is 8.21. The van der Waals surface area contributed by atoms with Crippen LogP contribution in [0.3, 0.4) is 0 Å². The van der Waals surface area contributed by atoms with Crippen molar-refractivity contribution in [3.63, 3.8) is 0 Å². The molecule has 2 aromatic carbocycles. The number of rotatable bonds is 7. The number of benzene rings is 2. The molecule has 0 aliphatic heterocycles. The van der Waals surface area contributed by atoms with Crippen LogP contribution in [-0.2, 0) is 22.4 Å². The Morgan fingerprint density at radius 2 is 1.84 bits per heavy atom. The highest BCUT2D eigenvalue weighted by atomic mass is 79.9. The highest BCUT2D eigenvalue weighted by Gasteiger charge is 2.19. The lowest BCUT2D eigenvalue weighted by Gasteiger charge is -2.16. The zero-order valence-corrected chi connectivity index (χ0v) is 14.7. The molecule has 8 heteroatoms. The molecule has 3 N–H and O–H groups in total. The number of primary amides is 1. The van der Waals surface area contributed by atoms with Gasteiger partial charge in [0.15, 0.2) is 0 Å². The fourth-order valence-corrected chi connectivity index (χ4v) is 2.78. The highest BCUT2D eigenvalue weighted by molar-refractivity contribution is 9.10. The third-order valence-corrected chi connectivity index (χ3v) is 3.99. The van der Waals surface area contributed by atoms with Crippen molar-refractivity contribution in [1.29, 1.82) is 0 Å². The van der Waals surface area contributed by atoms with Gasteiger partial charge in [-0.2, -0.15) is 0 Å². The number of non-ortho nitro benzene ring substituents is 1. The molecule has 2 rings (SSSR count). The first-order chi connectivity index (χ1) is 11.8. The second-order valence-electron chi connectivity index (χ2n) is 5.46. The minimum absolute atomic E-state index is 0.0794. The van der Waals surface area contributed by atoms with Crippen molar-refractivity contribution in [3.05, 3.63) is 74.2 Å². The molecule has 7 nitrogen and oxygen atoms in total. The van der Waals surface area contributed by atoms with Gasteiger partial charge in [-0.15, -0.1) is 0 Å². The van der Waals surface area contributed by atoms with Crippen LogP contribution in [0.2, 0.25) is 0 Å². The highest BCUT2D eigenvalue weighted by Crippen LogP contribution is 2.15. The molecule has 0 spiro atoms. The first-order valence-electron chi connectivity index (χ1n) is 7.41. The van der Waals surface area contributed by atoms with Crippen LogP contribution >= 0.6 is 15.9 Å². The summed E-state index contributed by atoms with van der Waals surface area (Å²) < 4.78 is 0.858. The lowest BCUT2D eigenvalue weighted by Crippen LogP contribution is -2.46. The van der Waals surface area contributed by atoms with Crippen LogP contribution in [0.25, 0.3) is 0 Å². The number of nitro benzene ring substituents is 1. The van der Waals surface area contributed by atoms with Crippen LogP contribution < -0.4 is 11.1 Å².